The molecule has 102 valence electrons. The summed E-state index contributed by atoms with van der Waals surface area (Å²) in [6.45, 7) is 3.55. The van der Waals surface area contributed by atoms with Gasteiger partial charge < -0.3 is 15.4 Å². The lowest BCUT2D eigenvalue weighted by Crippen LogP contribution is -2.29. The van der Waals surface area contributed by atoms with Crippen LogP contribution >= 0.6 is 15.9 Å². The van der Waals surface area contributed by atoms with Crippen molar-refractivity contribution in [3.63, 3.8) is 0 Å². The van der Waals surface area contributed by atoms with Crippen LogP contribution in [0.2, 0.25) is 0 Å². The molecule has 1 rings (SSSR count). The number of benzene rings is 1. The first-order valence-corrected chi connectivity index (χ1v) is 6.72. The Kier molecular flexibility index (Phi) is 6.93. The zero-order chi connectivity index (χ0) is 14.1. The highest BCUT2D eigenvalue weighted by Crippen LogP contribution is 2.22. The molecule has 19 heavy (non-hydrogen) atoms. The van der Waals surface area contributed by atoms with E-state index in [1.807, 2.05) is 25.1 Å². The first kappa shape index (κ1) is 15.5. The van der Waals surface area contributed by atoms with Gasteiger partial charge in [0.1, 0.15) is 12.3 Å². The molecule has 1 aromatic carbocycles. The van der Waals surface area contributed by atoms with E-state index in [0.29, 0.717) is 5.75 Å². The summed E-state index contributed by atoms with van der Waals surface area (Å²) in [6.07, 6.45) is 0. The third-order valence-electron chi connectivity index (χ3n) is 2.32. The number of hydrogen-bond donors (Lipinski definition) is 2. The van der Waals surface area contributed by atoms with Crippen molar-refractivity contribution in [1.82, 2.24) is 10.6 Å². The molecule has 0 spiro atoms. The number of carbonyl (C=O) groups excluding carboxylic acids is 1. The molecule has 0 saturated carbocycles. The van der Waals surface area contributed by atoms with Crippen LogP contribution in [0.1, 0.15) is 12.5 Å². The first-order valence-electron chi connectivity index (χ1n) is 5.93. The molecule has 0 unspecified atom stereocenters. The number of nitrogens with one attached hydrogen (secondary N) is 2. The van der Waals surface area contributed by atoms with Crippen molar-refractivity contribution in [2.75, 3.05) is 19.7 Å². The van der Waals surface area contributed by atoms with E-state index in [4.69, 9.17) is 10.00 Å². The summed E-state index contributed by atoms with van der Waals surface area (Å²) in [5, 5.41) is 14.0. The number of nitriles is 1. The van der Waals surface area contributed by atoms with Crippen molar-refractivity contribution in [1.29, 1.82) is 5.26 Å². The molecule has 0 radical (unpaired) electrons. The lowest BCUT2D eigenvalue weighted by molar-refractivity contribution is -0.122. The Bertz CT molecular complexity index is 471. The zero-order valence-electron chi connectivity index (χ0n) is 10.7. The number of halogens is 1. The van der Waals surface area contributed by atoms with E-state index in [2.05, 4.69) is 26.6 Å². The summed E-state index contributed by atoms with van der Waals surface area (Å²) >= 11 is 3.46. The Labute approximate surface area is 121 Å². The van der Waals surface area contributed by atoms with Crippen LogP contribution in [-0.4, -0.2) is 25.6 Å². The van der Waals surface area contributed by atoms with E-state index in [1.54, 1.807) is 6.07 Å². The van der Waals surface area contributed by atoms with Crippen LogP contribution in [0.25, 0.3) is 0 Å². The van der Waals surface area contributed by atoms with Crippen LogP contribution in [-0.2, 0) is 11.3 Å². The fraction of sp³-hybridized carbons (Fsp3) is 0.385. The quantitative estimate of drug-likeness (QED) is 0.746. The highest BCUT2D eigenvalue weighted by atomic mass is 79.9. The molecule has 0 bridgehead atoms. The normalized spacial score (nSPS) is 9.74. The SMILES string of the molecule is CCNCc1cc(OCC(=O)NCC#N)ccc1Br. The minimum Gasteiger partial charge on any atom is -0.484 e. The lowest BCUT2D eigenvalue weighted by Gasteiger charge is -2.10. The van der Waals surface area contributed by atoms with Crippen LogP contribution in [0.5, 0.6) is 5.75 Å². The van der Waals surface area contributed by atoms with Crippen molar-refractivity contribution < 1.29 is 9.53 Å². The van der Waals surface area contributed by atoms with E-state index in [9.17, 15) is 4.79 Å². The van der Waals surface area contributed by atoms with Crippen molar-refractivity contribution in [2.45, 2.75) is 13.5 Å². The van der Waals surface area contributed by atoms with Gasteiger partial charge in [-0.1, -0.05) is 22.9 Å². The maximum atomic E-state index is 11.3. The maximum absolute atomic E-state index is 11.3. The Balaban J connectivity index is 2.54. The van der Waals surface area contributed by atoms with Crippen molar-refractivity contribution in [2.24, 2.45) is 0 Å². The van der Waals surface area contributed by atoms with E-state index < -0.39 is 0 Å². The summed E-state index contributed by atoms with van der Waals surface area (Å²) < 4.78 is 6.37. The second-order valence-electron chi connectivity index (χ2n) is 3.76. The summed E-state index contributed by atoms with van der Waals surface area (Å²) in [5.74, 6) is 0.320. The van der Waals surface area contributed by atoms with E-state index in [1.165, 1.54) is 0 Å². The average molecular weight is 326 g/mol. The van der Waals surface area contributed by atoms with Gasteiger partial charge >= 0.3 is 0 Å². The molecule has 1 amide bonds. The number of nitrogens with zero attached hydrogens (tertiary/aromatic N) is 1. The molecule has 0 aliphatic rings. The fourth-order valence-electron chi connectivity index (χ4n) is 1.37. The van der Waals surface area contributed by atoms with E-state index in [0.717, 1.165) is 23.1 Å². The van der Waals surface area contributed by atoms with E-state index >= 15 is 0 Å². The fourth-order valence-corrected chi connectivity index (χ4v) is 1.76. The van der Waals surface area contributed by atoms with E-state index in [-0.39, 0.29) is 19.1 Å². The van der Waals surface area contributed by atoms with Gasteiger partial charge in [-0.2, -0.15) is 5.26 Å². The van der Waals surface area contributed by atoms with Crippen molar-refractivity contribution >= 4 is 21.8 Å². The second-order valence-corrected chi connectivity index (χ2v) is 4.61. The molecule has 5 nitrogen and oxygen atoms in total. The largest absolute Gasteiger partial charge is 0.484 e. The van der Waals surface area contributed by atoms with Crippen molar-refractivity contribution in [3.05, 3.63) is 28.2 Å². The highest BCUT2D eigenvalue weighted by Gasteiger charge is 2.05. The maximum Gasteiger partial charge on any atom is 0.258 e. The van der Waals surface area contributed by atoms with Gasteiger partial charge in [0, 0.05) is 11.0 Å². The van der Waals surface area contributed by atoms with Gasteiger partial charge in [0.25, 0.3) is 5.91 Å². The molecule has 2 N–H and O–H groups in total. The highest BCUT2D eigenvalue weighted by molar-refractivity contribution is 9.10. The molecule has 0 fully saturated rings. The van der Waals surface area contributed by atoms with Crippen LogP contribution in [0.4, 0.5) is 0 Å². The number of hydrogen-bond acceptors (Lipinski definition) is 4. The number of rotatable bonds is 7. The monoisotopic (exact) mass is 325 g/mol. The molecule has 6 heteroatoms. The number of ether oxygens (including phenoxy) is 1. The van der Waals surface area contributed by atoms with Gasteiger partial charge in [0.15, 0.2) is 6.61 Å². The second kappa shape index (κ2) is 8.51. The van der Waals surface area contributed by atoms with Gasteiger partial charge in [-0.3, -0.25) is 4.79 Å². The average Bonchev–Trinajstić information content (AvgIpc) is 2.42. The molecule has 0 saturated heterocycles. The molecule has 0 heterocycles. The number of amides is 1. The molecule has 1 aromatic rings. The minimum atomic E-state index is -0.308. The molecule has 0 aromatic heterocycles. The third-order valence-corrected chi connectivity index (χ3v) is 3.09. The predicted molar refractivity (Wildman–Crippen MR) is 75.6 cm³/mol. The standard InChI is InChI=1S/C13H16BrN3O2/c1-2-16-8-10-7-11(3-4-12(10)14)19-9-13(18)17-6-5-15/h3-4,7,16H,2,6,8-9H2,1H3,(H,17,18). The minimum absolute atomic E-state index is 0.00575. The topological polar surface area (TPSA) is 74.2 Å². The van der Waals surface area contributed by atoms with Crippen LogP contribution < -0.4 is 15.4 Å². The number of carbonyl (C=O) groups is 1. The Morgan fingerprint density at radius 1 is 1.53 bits per heavy atom. The Morgan fingerprint density at radius 3 is 3.00 bits per heavy atom. The molecule has 0 atom stereocenters. The van der Waals surface area contributed by atoms with Crippen LogP contribution in [0, 0.1) is 11.3 Å². The van der Waals surface area contributed by atoms with Crippen LogP contribution in [0.15, 0.2) is 22.7 Å². The molecule has 0 aliphatic heterocycles. The third kappa shape index (κ3) is 5.73. The molecular formula is C13H16BrN3O2. The Morgan fingerprint density at radius 2 is 2.32 bits per heavy atom. The van der Waals surface area contributed by atoms with Gasteiger partial charge in [-0.25, -0.2) is 0 Å². The smallest absolute Gasteiger partial charge is 0.258 e. The van der Waals surface area contributed by atoms with Gasteiger partial charge in [-0.15, -0.1) is 0 Å². The van der Waals surface area contributed by atoms with Crippen LogP contribution in [0.3, 0.4) is 0 Å². The zero-order valence-corrected chi connectivity index (χ0v) is 12.3. The summed E-state index contributed by atoms with van der Waals surface area (Å²) in [7, 11) is 0. The summed E-state index contributed by atoms with van der Waals surface area (Å²) in [5.41, 5.74) is 1.07. The van der Waals surface area contributed by atoms with Gasteiger partial charge in [0.05, 0.1) is 6.07 Å². The molecule has 0 aliphatic carbocycles. The lowest BCUT2D eigenvalue weighted by atomic mass is 10.2. The summed E-state index contributed by atoms with van der Waals surface area (Å²) in [4.78, 5) is 11.3. The van der Waals surface area contributed by atoms with Crippen molar-refractivity contribution in [3.8, 4) is 11.8 Å². The predicted octanol–water partition coefficient (Wildman–Crippen LogP) is 1.58. The summed E-state index contributed by atoms with van der Waals surface area (Å²) in [6, 6.07) is 7.39. The molecular weight excluding hydrogens is 310 g/mol. The van der Waals surface area contributed by atoms with Gasteiger partial charge in [0.2, 0.25) is 0 Å². The first-order chi connectivity index (χ1) is 9.17. The Hall–Kier alpha value is -1.58. The van der Waals surface area contributed by atoms with Gasteiger partial charge in [-0.05, 0) is 30.3 Å².